The molecule has 1 atom stereocenters. The number of esters is 3. The Hall–Kier alpha value is -4.97. The fraction of sp³-hybridized carbons (Fsp3) is 0.574. The fourth-order valence-electron chi connectivity index (χ4n) is 7.43. The number of carbonyl (C=O) groups is 3. The largest absolute Gasteiger partial charge is 0.462 e. The van der Waals surface area contributed by atoms with Crippen LogP contribution >= 0.6 is 0 Å². The molecule has 0 aromatic carbocycles. The van der Waals surface area contributed by atoms with Crippen LogP contribution in [0.3, 0.4) is 0 Å². The molecule has 1 unspecified atom stereocenters. The van der Waals surface area contributed by atoms with Crippen LogP contribution in [-0.4, -0.2) is 37.2 Å². The third-order valence-electron chi connectivity index (χ3n) is 11.8. The van der Waals surface area contributed by atoms with Crippen molar-refractivity contribution >= 4 is 17.9 Å². The van der Waals surface area contributed by atoms with Gasteiger partial charge in [0.05, 0.1) is 0 Å². The van der Waals surface area contributed by atoms with Crippen molar-refractivity contribution in [2.24, 2.45) is 0 Å². The minimum atomic E-state index is -0.821. The van der Waals surface area contributed by atoms with Gasteiger partial charge in [-0.15, -0.1) is 0 Å². The van der Waals surface area contributed by atoms with E-state index in [1.165, 1.54) is 44.9 Å². The van der Waals surface area contributed by atoms with Gasteiger partial charge < -0.3 is 14.2 Å². The fourth-order valence-corrected chi connectivity index (χ4v) is 7.43. The summed E-state index contributed by atoms with van der Waals surface area (Å²) >= 11 is 0. The molecule has 0 aliphatic carbocycles. The van der Waals surface area contributed by atoms with Gasteiger partial charge in [0.25, 0.3) is 0 Å². The summed E-state index contributed by atoms with van der Waals surface area (Å²) in [5.41, 5.74) is 0. The number of hydrogen-bond donors (Lipinski definition) is 0. The predicted octanol–water partition coefficient (Wildman–Crippen LogP) is 20.1. The molecule has 0 amide bonds. The number of ether oxygens (including phenoxy) is 3. The van der Waals surface area contributed by atoms with Crippen LogP contribution in [0, 0.1) is 0 Å². The van der Waals surface area contributed by atoms with Gasteiger partial charge in [-0.2, -0.15) is 0 Å². The van der Waals surface area contributed by atoms with Crippen LogP contribution < -0.4 is 0 Å². The molecular weight excluding hydrogens is 913 g/mol. The molecule has 0 fully saturated rings. The normalized spacial score (nSPS) is 13.3. The van der Waals surface area contributed by atoms with E-state index in [-0.39, 0.29) is 37.5 Å². The average molecular weight is 1020 g/mol. The first-order valence-corrected chi connectivity index (χ1v) is 29.5. The summed E-state index contributed by atoms with van der Waals surface area (Å²) < 4.78 is 16.7. The third kappa shape index (κ3) is 57.9. The molecule has 0 aromatic heterocycles. The summed E-state index contributed by atoms with van der Waals surface area (Å²) in [5, 5.41) is 0. The predicted molar refractivity (Wildman–Crippen MR) is 320 cm³/mol. The second-order valence-electron chi connectivity index (χ2n) is 18.8. The number of carbonyl (C=O) groups excluding carboxylic acids is 3. The zero-order valence-corrected chi connectivity index (χ0v) is 47.3. The van der Waals surface area contributed by atoms with Crippen molar-refractivity contribution in [2.45, 2.75) is 239 Å². The summed E-state index contributed by atoms with van der Waals surface area (Å²) in [6, 6.07) is 0. The van der Waals surface area contributed by atoms with Gasteiger partial charge in [-0.1, -0.05) is 249 Å². The SMILES string of the molecule is CC/C=C\C/C=C\C/C=C\C/C=C\C/C=C\C/C=C\C/C=C\CCCC(=O)OC(COC(=O)CCCCCCCC/C=C\C/C=C\C/C=C\C/C=C\C/C=C\C/C=C\CC)COC(=O)CCCCCCCCCC. The van der Waals surface area contributed by atoms with Crippen molar-refractivity contribution in [3.63, 3.8) is 0 Å². The van der Waals surface area contributed by atoms with E-state index in [1.807, 2.05) is 0 Å². The van der Waals surface area contributed by atoms with E-state index in [1.54, 1.807) is 0 Å². The van der Waals surface area contributed by atoms with Gasteiger partial charge in [0.1, 0.15) is 13.2 Å². The molecule has 6 nitrogen and oxygen atoms in total. The molecule has 0 heterocycles. The van der Waals surface area contributed by atoms with Gasteiger partial charge in [-0.3, -0.25) is 14.4 Å². The minimum absolute atomic E-state index is 0.112. The molecule has 6 heteroatoms. The van der Waals surface area contributed by atoms with Gasteiger partial charge >= 0.3 is 17.9 Å². The highest BCUT2D eigenvalue weighted by Crippen LogP contribution is 2.13. The second-order valence-corrected chi connectivity index (χ2v) is 18.8. The summed E-state index contributed by atoms with van der Waals surface area (Å²) in [6.45, 7) is 6.30. The summed E-state index contributed by atoms with van der Waals surface area (Å²) in [5.74, 6) is -1.000. The molecule has 0 spiro atoms. The van der Waals surface area contributed by atoms with Crippen molar-refractivity contribution in [3.05, 3.63) is 158 Å². The maximum atomic E-state index is 12.8. The van der Waals surface area contributed by atoms with Gasteiger partial charge in [0, 0.05) is 19.3 Å². The maximum Gasteiger partial charge on any atom is 0.306 e. The van der Waals surface area contributed by atoms with Gasteiger partial charge in [-0.05, 0) is 122 Å². The highest BCUT2D eigenvalue weighted by molar-refractivity contribution is 5.71. The number of allylic oxidation sites excluding steroid dienone is 26. The molecular formula is C68H106O6. The van der Waals surface area contributed by atoms with E-state index in [0.29, 0.717) is 19.3 Å². The molecule has 0 saturated carbocycles. The van der Waals surface area contributed by atoms with Crippen LogP contribution in [0.4, 0.5) is 0 Å². The molecule has 414 valence electrons. The van der Waals surface area contributed by atoms with E-state index < -0.39 is 6.10 Å². The monoisotopic (exact) mass is 1020 g/mol. The Balaban J connectivity index is 4.40. The zero-order valence-electron chi connectivity index (χ0n) is 47.3. The molecule has 0 radical (unpaired) electrons. The highest BCUT2D eigenvalue weighted by Gasteiger charge is 2.19. The molecule has 0 aromatic rings. The Morgan fingerprint density at radius 1 is 0.284 bits per heavy atom. The molecule has 74 heavy (non-hydrogen) atoms. The third-order valence-corrected chi connectivity index (χ3v) is 11.8. The first-order chi connectivity index (χ1) is 36.5. The van der Waals surface area contributed by atoms with Crippen molar-refractivity contribution < 1.29 is 28.6 Å². The van der Waals surface area contributed by atoms with Gasteiger partial charge in [0.2, 0.25) is 0 Å². The Morgan fingerprint density at radius 3 is 0.865 bits per heavy atom. The lowest BCUT2D eigenvalue weighted by atomic mass is 10.1. The van der Waals surface area contributed by atoms with Gasteiger partial charge in [0.15, 0.2) is 6.10 Å². The number of rotatable bonds is 51. The van der Waals surface area contributed by atoms with Crippen LogP contribution in [0.5, 0.6) is 0 Å². The van der Waals surface area contributed by atoms with Gasteiger partial charge in [-0.25, -0.2) is 0 Å². The molecule has 0 aliphatic heterocycles. The Kier molecular flexibility index (Phi) is 56.5. The van der Waals surface area contributed by atoms with Crippen LogP contribution in [-0.2, 0) is 28.6 Å². The van der Waals surface area contributed by atoms with E-state index in [0.717, 1.165) is 141 Å². The Bertz CT molecular complexity index is 1690. The molecule has 0 N–H and O–H groups in total. The summed E-state index contributed by atoms with van der Waals surface area (Å²) in [7, 11) is 0. The molecule has 0 bridgehead atoms. The van der Waals surface area contributed by atoms with Crippen molar-refractivity contribution in [1.29, 1.82) is 0 Å². The Morgan fingerprint density at radius 2 is 0.541 bits per heavy atom. The molecule has 0 rings (SSSR count). The topological polar surface area (TPSA) is 78.9 Å². The highest BCUT2D eigenvalue weighted by atomic mass is 16.6. The first kappa shape index (κ1) is 69.0. The molecule has 0 saturated heterocycles. The van der Waals surface area contributed by atoms with Crippen LogP contribution in [0.2, 0.25) is 0 Å². The first-order valence-electron chi connectivity index (χ1n) is 29.5. The number of hydrogen-bond acceptors (Lipinski definition) is 6. The Labute approximate surface area is 454 Å². The quantitative estimate of drug-likeness (QED) is 0.0261. The van der Waals surface area contributed by atoms with Crippen LogP contribution in [0.25, 0.3) is 0 Å². The van der Waals surface area contributed by atoms with E-state index >= 15 is 0 Å². The van der Waals surface area contributed by atoms with E-state index in [4.69, 9.17) is 14.2 Å². The lowest BCUT2D eigenvalue weighted by Crippen LogP contribution is -2.30. The van der Waals surface area contributed by atoms with Crippen LogP contribution in [0.15, 0.2) is 158 Å². The van der Waals surface area contributed by atoms with Crippen LogP contribution in [0.1, 0.15) is 233 Å². The minimum Gasteiger partial charge on any atom is -0.462 e. The average Bonchev–Trinajstić information content (AvgIpc) is 3.40. The van der Waals surface area contributed by atoms with Crippen molar-refractivity contribution in [1.82, 2.24) is 0 Å². The standard InChI is InChI=1S/C68H106O6/c1-4-7-10-13-16-19-21-23-25-27-29-31-33-34-36-37-39-41-43-45-47-49-52-55-58-61-67(70)73-64-65(63-72-66(69)60-57-54-51-18-15-12-9-6-3)74-68(71)62-59-56-53-50-48-46-44-42-40-38-35-32-30-28-26-24-22-20-17-14-11-8-5-2/h7-8,10-11,16-17,19-20,23-26,29-32,34,36,38-41,44,46,50,53,65H,4-6,9,12-15,18,21-22,27-28,33,35,37,42-43,45,47-49,51-52,54-64H2,1-3H3/b10-7-,11-8-,19-16-,20-17-,25-23-,26-24-,31-29-,32-30-,36-34-,40-38-,41-39-,46-44-,53-50-. The number of unbranched alkanes of at least 4 members (excludes halogenated alkanes) is 14. The lowest BCUT2D eigenvalue weighted by molar-refractivity contribution is -0.167. The smallest absolute Gasteiger partial charge is 0.306 e. The lowest BCUT2D eigenvalue weighted by Gasteiger charge is -2.18. The van der Waals surface area contributed by atoms with Crippen molar-refractivity contribution in [2.75, 3.05) is 13.2 Å². The maximum absolute atomic E-state index is 12.8. The zero-order chi connectivity index (χ0) is 53.6. The van der Waals surface area contributed by atoms with E-state index in [9.17, 15) is 14.4 Å². The molecule has 0 aliphatic rings. The second kappa shape index (κ2) is 60.6. The summed E-state index contributed by atoms with van der Waals surface area (Å²) in [6.07, 6.45) is 88.2. The van der Waals surface area contributed by atoms with Crippen molar-refractivity contribution in [3.8, 4) is 0 Å². The summed E-state index contributed by atoms with van der Waals surface area (Å²) in [4.78, 5) is 38.0. The van der Waals surface area contributed by atoms with E-state index in [2.05, 4.69) is 179 Å².